The number of aryl methyl sites for hydroxylation is 2. The molecule has 2 atom stereocenters. The van der Waals surface area contributed by atoms with E-state index in [-0.39, 0.29) is 18.0 Å². The predicted molar refractivity (Wildman–Crippen MR) is 149 cm³/mol. The van der Waals surface area contributed by atoms with Crippen molar-refractivity contribution in [3.8, 4) is 0 Å². The zero-order valence-corrected chi connectivity index (χ0v) is 21.7. The highest BCUT2D eigenvalue weighted by Gasteiger charge is 2.40. The number of Topliss-reactive ketones (excluding diaryl/α,β-unsaturated/α-hetero) is 1. The first-order valence-electron chi connectivity index (χ1n) is 14.2. The van der Waals surface area contributed by atoms with Gasteiger partial charge in [-0.15, -0.1) is 0 Å². The van der Waals surface area contributed by atoms with Gasteiger partial charge in [-0.2, -0.15) is 0 Å². The molecule has 2 aromatic carbocycles. The van der Waals surface area contributed by atoms with Gasteiger partial charge in [0.25, 0.3) is 0 Å². The van der Waals surface area contributed by atoms with E-state index in [1.54, 1.807) is 0 Å². The normalized spacial score (nSPS) is 22.2. The second-order valence-electron chi connectivity index (χ2n) is 11.0. The van der Waals surface area contributed by atoms with Gasteiger partial charge in [-0.25, -0.2) is 0 Å². The van der Waals surface area contributed by atoms with E-state index >= 15 is 0 Å². The van der Waals surface area contributed by atoms with Gasteiger partial charge in [-0.05, 0) is 62.4 Å². The van der Waals surface area contributed by atoms with Gasteiger partial charge < -0.3 is 14.8 Å². The molecule has 3 aromatic rings. The number of carbonyl (C=O) groups excluding carboxylic acids is 1. The monoisotopic (exact) mass is 484 g/mol. The van der Waals surface area contributed by atoms with Crippen molar-refractivity contribution in [1.29, 1.82) is 0 Å². The third-order valence-electron chi connectivity index (χ3n) is 8.94. The van der Waals surface area contributed by atoms with Crippen molar-refractivity contribution in [1.82, 2.24) is 9.47 Å². The van der Waals surface area contributed by atoms with Gasteiger partial charge in [-0.1, -0.05) is 43.5 Å². The summed E-state index contributed by atoms with van der Waals surface area (Å²) >= 11 is 0. The molecule has 1 N–H and O–H groups in total. The SMILES string of the molecule is CCn1ccc2c(N3CCN(C(C(=O)C4CCCCC4)C4CCc5ccccc5N4)CC3)cccc21. The molecule has 2 aliphatic heterocycles. The maximum absolute atomic E-state index is 14.1. The Morgan fingerprint density at radius 3 is 2.56 bits per heavy atom. The molecular weight excluding hydrogens is 444 g/mol. The highest BCUT2D eigenvalue weighted by molar-refractivity contribution is 5.93. The molecule has 0 amide bonds. The van der Waals surface area contributed by atoms with E-state index in [2.05, 4.69) is 81.3 Å². The van der Waals surface area contributed by atoms with Crippen LogP contribution in [-0.4, -0.2) is 53.5 Å². The summed E-state index contributed by atoms with van der Waals surface area (Å²) in [5, 5.41) is 5.15. The summed E-state index contributed by atoms with van der Waals surface area (Å²) in [6.07, 6.45) is 10.1. The Bertz CT molecular complexity index is 1200. The summed E-state index contributed by atoms with van der Waals surface area (Å²) in [4.78, 5) is 19.1. The molecule has 5 heteroatoms. The smallest absolute Gasteiger partial charge is 0.155 e. The van der Waals surface area contributed by atoms with Crippen LogP contribution in [0.25, 0.3) is 10.9 Å². The zero-order chi connectivity index (χ0) is 24.5. The number of para-hydroxylation sites is 1. The molecule has 190 valence electrons. The number of carbonyl (C=O) groups is 1. The fourth-order valence-electron chi connectivity index (χ4n) is 6.96. The third-order valence-corrected chi connectivity index (χ3v) is 8.94. The van der Waals surface area contributed by atoms with Crippen molar-refractivity contribution in [2.45, 2.75) is 70.5 Å². The largest absolute Gasteiger partial charge is 0.380 e. The van der Waals surface area contributed by atoms with Crippen LogP contribution in [-0.2, 0) is 17.8 Å². The van der Waals surface area contributed by atoms with Gasteiger partial charge in [0.2, 0.25) is 0 Å². The van der Waals surface area contributed by atoms with Crippen molar-refractivity contribution in [2.24, 2.45) is 5.92 Å². The molecule has 2 fully saturated rings. The number of fused-ring (bicyclic) bond motifs is 2. The molecular formula is C31H40N4O. The van der Waals surface area contributed by atoms with Gasteiger partial charge >= 0.3 is 0 Å². The number of nitrogens with one attached hydrogen (secondary N) is 1. The van der Waals surface area contributed by atoms with Crippen LogP contribution < -0.4 is 10.2 Å². The molecule has 0 spiro atoms. The lowest BCUT2D eigenvalue weighted by atomic mass is 9.80. The van der Waals surface area contributed by atoms with E-state index in [0.29, 0.717) is 5.78 Å². The lowest BCUT2D eigenvalue weighted by Gasteiger charge is -2.45. The molecule has 1 aromatic heterocycles. The van der Waals surface area contributed by atoms with Crippen molar-refractivity contribution < 1.29 is 4.79 Å². The quantitative estimate of drug-likeness (QED) is 0.485. The van der Waals surface area contributed by atoms with Crippen LogP contribution in [0, 0.1) is 5.92 Å². The van der Waals surface area contributed by atoms with Crippen molar-refractivity contribution in [3.05, 3.63) is 60.3 Å². The number of benzene rings is 2. The molecule has 3 heterocycles. The van der Waals surface area contributed by atoms with Crippen LogP contribution in [0.3, 0.4) is 0 Å². The summed E-state index contributed by atoms with van der Waals surface area (Å²) in [6.45, 7) is 7.00. The topological polar surface area (TPSA) is 40.5 Å². The average molecular weight is 485 g/mol. The standard InChI is InChI=1S/C31H40N4O/c1-2-33-18-17-25-28(33)13-8-14-29(25)34-19-21-35(22-20-34)30(31(36)24-10-4-3-5-11-24)27-16-15-23-9-6-7-12-26(23)32-27/h6-9,12-14,17-18,24,27,30,32H,2-5,10-11,15-16,19-22H2,1H3. The lowest BCUT2D eigenvalue weighted by molar-refractivity contribution is -0.130. The minimum atomic E-state index is -0.0272. The van der Waals surface area contributed by atoms with Crippen LogP contribution in [0.2, 0.25) is 0 Å². The first kappa shape index (κ1) is 23.6. The van der Waals surface area contributed by atoms with Crippen molar-refractivity contribution in [3.63, 3.8) is 0 Å². The summed E-state index contributed by atoms with van der Waals surface area (Å²) in [7, 11) is 0. The Hall–Kier alpha value is -2.79. The number of nitrogens with zero attached hydrogens (tertiary/aromatic N) is 3. The van der Waals surface area contributed by atoms with Crippen LogP contribution in [0.15, 0.2) is 54.7 Å². The molecule has 3 aliphatic rings. The average Bonchev–Trinajstić information content (AvgIpc) is 3.37. The van der Waals surface area contributed by atoms with Crippen LogP contribution in [0.4, 0.5) is 11.4 Å². The minimum absolute atomic E-state index is 0.0272. The summed E-state index contributed by atoms with van der Waals surface area (Å²) in [5.74, 6) is 0.741. The predicted octanol–water partition coefficient (Wildman–Crippen LogP) is 5.73. The zero-order valence-electron chi connectivity index (χ0n) is 21.7. The Kier molecular flexibility index (Phi) is 6.75. The number of hydrogen-bond donors (Lipinski definition) is 1. The molecule has 1 aliphatic carbocycles. The number of aromatic nitrogens is 1. The number of piperazine rings is 1. The summed E-state index contributed by atoms with van der Waals surface area (Å²) in [6, 6.07) is 17.8. The van der Waals surface area contributed by atoms with Gasteiger partial charge in [0, 0.05) is 67.6 Å². The van der Waals surface area contributed by atoms with E-state index in [4.69, 9.17) is 0 Å². The fraction of sp³-hybridized carbons (Fsp3) is 0.516. The summed E-state index contributed by atoms with van der Waals surface area (Å²) < 4.78 is 2.32. The Morgan fingerprint density at radius 1 is 0.944 bits per heavy atom. The highest BCUT2D eigenvalue weighted by atomic mass is 16.1. The third kappa shape index (κ3) is 4.43. The van der Waals surface area contributed by atoms with Crippen molar-refractivity contribution >= 4 is 28.1 Å². The maximum Gasteiger partial charge on any atom is 0.155 e. The highest BCUT2D eigenvalue weighted by Crippen LogP contribution is 2.34. The number of hydrogen-bond acceptors (Lipinski definition) is 4. The van der Waals surface area contributed by atoms with Crippen LogP contribution in [0.5, 0.6) is 0 Å². The van der Waals surface area contributed by atoms with Gasteiger partial charge in [-0.3, -0.25) is 9.69 Å². The van der Waals surface area contributed by atoms with E-state index in [0.717, 1.165) is 58.4 Å². The molecule has 6 rings (SSSR count). The van der Waals surface area contributed by atoms with E-state index in [9.17, 15) is 4.79 Å². The molecule has 36 heavy (non-hydrogen) atoms. The second kappa shape index (κ2) is 10.3. The molecule has 5 nitrogen and oxygen atoms in total. The summed E-state index contributed by atoms with van der Waals surface area (Å²) in [5.41, 5.74) is 5.25. The fourth-order valence-corrected chi connectivity index (χ4v) is 6.96. The number of rotatable bonds is 6. The Labute approximate surface area is 215 Å². The number of anilines is 2. The minimum Gasteiger partial charge on any atom is -0.380 e. The first-order chi connectivity index (χ1) is 17.7. The van der Waals surface area contributed by atoms with Gasteiger partial charge in [0.15, 0.2) is 5.78 Å². The van der Waals surface area contributed by atoms with Crippen molar-refractivity contribution in [2.75, 3.05) is 36.4 Å². The van der Waals surface area contributed by atoms with Crippen LogP contribution in [0.1, 0.15) is 51.0 Å². The Balaban J connectivity index is 1.22. The van der Waals surface area contributed by atoms with Crippen LogP contribution >= 0.6 is 0 Å². The molecule has 0 radical (unpaired) electrons. The molecule has 1 saturated carbocycles. The molecule has 0 bridgehead atoms. The van der Waals surface area contributed by atoms with E-state index in [1.165, 1.54) is 47.1 Å². The molecule has 1 saturated heterocycles. The maximum atomic E-state index is 14.1. The Morgan fingerprint density at radius 2 is 1.75 bits per heavy atom. The van der Waals surface area contributed by atoms with Gasteiger partial charge in [0.1, 0.15) is 0 Å². The van der Waals surface area contributed by atoms with Gasteiger partial charge in [0.05, 0.1) is 11.6 Å². The lowest BCUT2D eigenvalue weighted by Crippen LogP contribution is -2.60. The first-order valence-corrected chi connectivity index (χ1v) is 14.2. The van der Waals surface area contributed by atoms with E-state index in [1.807, 2.05) is 0 Å². The molecule has 2 unspecified atom stereocenters. The number of ketones is 1. The van der Waals surface area contributed by atoms with E-state index < -0.39 is 0 Å². The second-order valence-corrected chi connectivity index (χ2v) is 11.0.